The number of morpholine rings is 1. The van der Waals surface area contributed by atoms with E-state index >= 15 is 0 Å². The number of ether oxygens (including phenoxy) is 1. The zero-order valence-corrected chi connectivity index (χ0v) is 12.4. The van der Waals surface area contributed by atoms with Crippen molar-refractivity contribution in [2.45, 2.75) is 6.92 Å². The number of rotatable bonds is 2. The lowest BCUT2D eigenvalue weighted by Crippen LogP contribution is -2.41. The van der Waals surface area contributed by atoms with Gasteiger partial charge in [0.1, 0.15) is 11.6 Å². The summed E-state index contributed by atoms with van der Waals surface area (Å²) in [5.41, 5.74) is 3.01. The van der Waals surface area contributed by atoms with Crippen molar-refractivity contribution in [3.8, 4) is 6.07 Å². The van der Waals surface area contributed by atoms with Crippen molar-refractivity contribution >= 4 is 22.9 Å². The molecule has 5 heteroatoms. The predicted octanol–water partition coefficient (Wildman–Crippen LogP) is 2.24. The molecule has 0 radical (unpaired) electrons. The second-order valence-corrected chi connectivity index (χ2v) is 5.28. The maximum Gasteiger partial charge on any atom is 0.264 e. The van der Waals surface area contributed by atoms with Crippen molar-refractivity contribution in [1.82, 2.24) is 9.88 Å². The van der Waals surface area contributed by atoms with E-state index in [1.165, 1.54) is 0 Å². The maximum absolute atomic E-state index is 12.5. The lowest BCUT2D eigenvalue weighted by Gasteiger charge is -2.26. The molecule has 1 aliphatic heterocycles. The molecule has 22 heavy (non-hydrogen) atoms. The van der Waals surface area contributed by atoms with Crippen LogP contribution < -0.4 is 0 Å². The van der Waals surface area contributed by atoms with Gasteiger partial charge in [0, 0.05) is 35.2 Å². The molecule has 0 atom stereocenters. The third kappa shape index (κ3) is 2.61. The number of hydrogen-bond acceptors (Lipinski definition) is 3. The minimum absolute atomic E-state index is 0.162. The van der Waals surface area contributed by atoms with Crippen molar-refractivity contribution in [3.63, 3.8) is 0 Å². The number of aryl methyl sites for hydroxylation is 1. The Bertz CT molecular complexity index is 777. The highest BCUT2D eigenvalue weighted by atomic mass is 16.5. The summed E-state index contributed by atoms with van der Waals surface area (Å²) in [4.78, 5) is 17.4. The number of nitriles is 1. The van der Waals surface area contributed by atoms with E-state index in [-0.39, 0.29) is 11.5 Å². The van der Waals surface area contributed by atoms with E-state index in [0.29, 0.717) is 26.3 Å². The topological polar surface area (TPSA) is 69.1 Å². The number of aromatic nitrogens is 1. The van der Waals surface area contributed by atoms with Crippen molar-refractivity contribution in [2.75, 3.05) is 26.3 Å². The van der Waals surface area contributed by atoms with Gasteiger partial charge in [0.25, 0.3) is 5.91 Å². The van der Waals surface area contributed by atoms with Gasteiger partial charge in [0.05, 0.1) is 13.2 Å². The van der Waals surface area contributed by atoms with E-state index in [4.69, 9.17) is 4.74 Å². The Morgan fingerprint density at radius 2 is 2.09 bits per heavy atom. The summed E-state index contributed by atoms with van der Waals surface area (Å²) in [5.74, 6) is -0.226. The smallest absolute Gasteiger partial charge is 0.264 e. The Morgan fingerprint density at radius 3 is 2.82 bits per heavy atom. The third-order valence-corrected chi connectivity index (χ3v) is 3.88. The molecule has 0 aliphatic carbocycles. The second-order valence-electron chi connectivity index (χ2n) is 5.28. The van der Waals surface area contributed by atoms with Crippen LogP contribution >= 0.6 is 0 Å². The summed E-state index contributed by atoms with van der Waals surface area (Å²) >= 11 is 0. The van der Waals surface area contributed by atoms with Gasteiger partial charge in [-0.2, -0.15) is 5.26 Å². The SMILES string of the molecule is Cc1[nH]c2ccccc2c1/C=C(/C#N)C(=O)N1CCOCC1. The summed E-state index contributed by atoms with van der Waals surface area (Å²) < 4.78 is 5.24. The van der Waals surface area contributed by atoms with Gasteiger partial charge in [-0.3, -0.25) is 4.79 Å². The highest BCUT2D eigenvalue weighted by Crippen LogP contribution is 2.24. The number of fused-ring (bicyclic) bond motifs is 1. The highest BCUT2D eigenvalue weighted by molar-refractivity contribution is 6.04. The van der Waals surface area contributed by atoms with Crippen LogP contribution in [-0.2, 0) is 9.53 Å². The molecule has 2 heterocycles. The average molecular weight is 295 g/mol. The van der Waals surface area contributed by atoms with Crippen LogP contribution in [0.2, 0.25) is 0 Å². The van der Waals surface area contributed by atoms with Crippen LogP contribution in [0.1, 0.15) is 11.3 Å². The largest absolute Gasteiger partial charge is 0.378 e. The van der Waals surface area contributed by atoms with Gasteiger partial charge in [-0.25, -0.2) is 0 Å². The molecule has 0 spiro atoms. The summed E-state index contributed by atoms with van der Waals surface area (Å²) in [5, 5.41) is 10.4. The van der Waals surface area contributed by atoms with Crippen molar-refractivity contribution < 1.29 is 9.53 Å². The zero-order chi connectivity index (χ0) is 15.5. The monoisotopic (exact) mass is 295 g/mol. The number of nitrogens with zero attached hydrogens (tertiary/aromatic N) is 2. The van der Waals surface area contributed by atoms with Crippen molar-refractivity contribution in [2.24, 2.45) is 0 Å². The number of hydrogen-bond donors (Lipinski definition) is 1. The van der Waals surface area contributed by atoms with E-state index in [1.54, 1.807) is 11.0 Å². The van der Waals surface area contributed by atoms with E-state index in [1.807, 2.05) is 37.3 Å². The van der Waals surface area contributed by atoms with Gasteiger partial charge in [0.15, 0.2) is 0 Å². The molecular formula is C17H17N3O2. The first-order chi connectivity index (χ1) is 10.7. The summed E-state index contributed by atoms with van der Waals surface area (Å²) in [6.07, 6.45) is 1.69. The number of H-pyrrole nitrogens is 1. The van der Waals surface area contributed by atoms with E-state index in [9.17, 15) is 10.1 Å². The molecule has 3 rings (SSSR count). The summed E-state index contributed by atoms with van der Waals surface area (Å²) in [7, 11) is 0. The van der Waals surface area contributed by atoms with Crippen LogP contribution in [0.3, 0.4) is 0 Å². The Morgan fingerprint density at radius 1 is 1.36 bits per heavy atom. The molecule has 1 aromatic carbocycles. The Labute approximate surface area is 128 Å². The Hall–Kier alpha value is -2.58. The number of carbonyl (C=O) groups is 1. The number of para-hydroxylation sites is 1. The maximum atomic E-state index is 12.5. The molecule has 0 unspecified atom stereocenters. The van der Waals surface area contributed by atoms with E-state index < -0.39 is 0 Å². The van der Waals surface area contributed by atoms with Crippen LogP contribution in [0.25, 0.3) is 17.0 Å². The first-order valence-corrected chi connectivity index (χ1v) is 7.27. The molecule has 1 N–H and O–H groups in total. The number of benzene rings is 1. The molecule has 0 saturated carbocycles. The molecule has 1 fully saturated rings. The van der Waals surface area contributed by atoms with Gasteiger partial charge in [-0.15, -0.1) is 0 Å². The summed E-state index contributed by atoms with van der Waals surface area (Å²) in [6.45, 7) is 4.06. The molecule has 1 amide bonds. The number of aromatic amines is 1. The van der Waals surface area contributed by atoms with Crippen molar-refractivity contribution in [1.29, 1.82) is 5.26 Å². The normalized spacial score (nSPS) is 15.8. The van der Waals surface area contributed by atoms with Crippen LogP contribution in [0.4, 0.5) is 0 Å². The standard InChI is InChI=1S/C17H17N3O2/c1-12-15(14-4-2-3-5-16(14)19-12)10-13(11-18)17(21)20-6-8-22-9-7-20/h2-5,10,19H,6-9H2,1H3/b13-10-. The minimum atomic E-state index is -0.226. The lowest BCUT2D eigenvalue weighted by molar-refractivity contribution is -0.130. The van der Waals surface area contributed by atoms with Gasteiger partial charge in [0.2, 0.25) is 0 Å². The van der Waals surface area contributed by atoms with Crippen LogP contribution in [0.15, 0.2) is 29.8 Å². The van der Waals surface area contributed by atoms with Crippen molar-refractivity contribution in [3.05, 3.63) is 41.1 Å². The molecule has 0 bridgehead atoms. The van der Waals surface area contributed by atoms with Crippen LogP contribution in [0.5, 0.6) is 0 Å². The summed E-state index contributed by atoms with van der Waals surface area (Å²) in [6, 6.07) is 9.91. The second kappa shape index (κ2) is 6.04. The van der Waals surface area contributed by atoms with Gasteiger partial charge >= 0.3 is 0 Å². The van der Waals surface area contributed by atoms with E-state index in [0.717, 1.165) is 22.2 Å². The lowest BCUT2D eigenvalue weighted by atomic mass is 10.1. The Kier molecular flexibility index (Phi) is 3.94. The van der Waals surface area contributed by atoms with Gasteiger partial charge in [-0.1, -0.05) is 18.2 Å². The predicted molar refractivity (Wildman–Crippen MR) is 84.0 cm³/mol. The zero-order valence-electron chi connectivity index (χ0n) is 12.4. The fourth-order valence-corrected chi connectivity index (χ4v) is 2.71. The molecule has 1 aliphatic rings. The number of amides is 1. The van der Waals surface area contributed by atoms with Crippen LogP contribution in [-0.4, -0.2) is 42.1 Å². The average Bonchev–Trinajstić information content (AvgIpc) is 2.88. The molecule has 5 nitrogen and oxygen atoms in total. The molecule has 112 valence electrons. The first-order valence-electron chi connectivity index (χ1n) is 7.27. The van der Waals surface area contributed by atoms with Gasteiger partial charge < -0.3 is 14.6 Å². The van der Waals surface area contributed by atoms with Crippen LogP contribution in [0, 0.1) is 18.3 Å². The third-order valence-electron chi connectivity index (χ3n) is 3.88. The Balaban J connectivity index is 1.98. The molecule has 2 aromatic rings. The molecule has 1 saturated heterocycles. The van der Waals surface area contributed by atoms with Gasteiger partial charge in [-0.05, 0) is 19.1 Å². The molecular weight excluding hydrogens is 278 g/mol. The number of nitrogens with one attached hydrogen (secondary N) is 1. The quantitative estimate of drug-likeness (QED) is 0.682. The fraction of sp³-hybridized carbons (Fsp3) is 0.294. The minimum Gasteiger partial charge on any atom is -0.378 e. The fourth-order valence-electron chi connectivity index (χ4n) is 2.71. The first kappa shape index (κ1) is 14.4. The van der Waals surface area contributed by atoms with E-state index in [2.05, 4.69) is 4.98 Å². The molecule has 1 aromatic heterocycles. The highest BCUT2D eigenvalue weighted by Gasteiger charge is 2.21. The number of carbonyl (C=O) groups excluding carboxylic acids is 1.